The predicted octanol–water partition coefficient (Wildman–Crippen LogP) is 1.40. The molecular formula is C19H31N3O3. The summed E-state index contributed by atoms with van der Waals surface area (Å²) in [5.41, 5.74) is 0. The van der Waals surface area contributed by atoms with Crippen LogP contribution in [0.1, 0.15) is 52.9 Å². The maximum Gasteiger partial charge on any atom is 0.245 e. The summed E-state index contributed by atoms with van der Waals surface area (Å²) in [5.74, 6) is 0.619. The van der Waals surface area contributed by atoms with Gasteiger partial charge in [-0.25, -0.2) is 0 Å². The molecule has 0 bridgehead atoms. The summed E-state index contributed by atoms with van der Waals surface area (Å²) >= 11 is 0. The molecule has 2 atom stereocenters. The van der Waals surface area contributed by atoms with Crippen molar-refractivity contribution in [3.8, 4) is 0 Å². The monoisotopic (exact) mass is 349 g/mol. The molecule has 0 aromatic carbocycles. The molecule has 3 amide bonds. The van der Waals surface area contributed by atoms with Crippen LogP contribution in [-0.2, 0) is 14.4 Å². The minimum atomic E-state index is -0.467. The summed E-state index contributed by atoms with van der Waals surface area (Å²) in [6, 6.07) is -0.424. The minimum Gasteiger partial charge on any atom is -0.344 e. The van der Waals surface area contributed by atoms with Crippen molar-refractivity contribution in [2.75, 3.05) is 19.6 Å². The second-order valence-corrected chi connectivity index (χ2v) is 8.30. The molecule has 1 heterocycles. The Hall–Kier alpha value is -1.59. The summed E-state index contributed by atoms with van der Waals surface area (Å²) in [6.07, 6.45) is 4.99. The molecule has 140 valence electrons. The van der Waals surface area contributed by atoms with Gasteiger partial charge < -0.3 is 15.1 Å². The number of hydrogen-bond acceptors (Lipinski definition) is 3. The van der Waals surface area contributed by atoms with E-state index in [0.29, 0.717) is 19.6 Å². The molecule has 25 heavy (non-hydrogen) atoms. The van der Waals surface area contributed by atoms with Crippen molar-refractivity contribution >= 4 is 17.7 Å². The third kappa shape index (κ3) is 3.98. The normalized spacial score (nSPS) is 25.5. The molecule has 0 radical (unpaired) electrons. The van der Waals surface area contributed by atoms with Crippen LogP contribution < -0.4 is 5.32 Å². The molecule has 6 nitrogen and oxygen atoms in total. The van der Waals surface area contributed by atoms with Gasteiger partial charge in [0.25, 0.3) is 0 Å². The first kappa shape index (κ1) is 18.2. The molecule has 1 aliphatic heterocycles. The van der Waals surface area contributed by atoms with Crippen molar-refractivity contribution in [1.82, 2.24) is 15.1 Å². The first-order valence-electron chi connectivity index (χ1n) is 9.78. The van der Waals surface area contributed by atoms with E-state index < -0.39 is 6.04 Å². The highest BCUT2D eigenvalue weighted by Crippen LogP contribution is 2.32. The molecule has 0 aromatic heterocycles. The number of nitrogens with zero attached hydrogens (tertiary/aromatic N) is 2. The fourth-order valence-corrected chi connectivity index (χ4v) is 3.70. The SMILES string of the molecule is CC(C)C(NC(=O)C1CCC1)C(=O)N1CCN(C(=O)C2CC2)C(C)C1. The number of nitrogens with one attached hydrogen (secondary N) is 1. The lowest BCUT2D eigenvalue weighted by molar-refractivity contribution is -0.146. The summed E-state index contributed by atoms with van der Waals surface area (Å²) in [5, 5.41) is 2.98. The van der Waals surface area contributed by atoms with Gasteiger partial charge in [-0.1, -0.05) is 20.3 Å². The van der Waals surface area contributed by atoms with Gasteiger partial charge in [-0.05, 0) is 38.5 Å². The lowest BCUT2D eigenvalue weighted by Gasteiger charge is -2.42. The number of carbonyl (C=O) groups is 3. The molecule has 2 saturated carbocycles. The van der Waals surface area contributed by atoms with E-state index in [-0.39, 0.29) is 41.5 Å². The van der Waals surface area contributed by atoms with Crippen molar-refractivity contribution < 1.29 is 14.4 Å². The molecule has 3 aliphatic rings. The predicted molar refractivity (Wildman–Crippen MR) is 94.6 cm³/mol. The van der Waals surface area contributed by atoms with Gasteiger partial charge in [-0.15, -0.1) is 0 Å². The first-order valence-corrected chi connectivity index (χ1v) is 9.78. The van der Waals surface area contributed by atoms with E-state index in [9.17, 15) is 14.4 Å². The molecule has 0 aromatic rings. The molecule has 1 saturated heterocycles. The number of amides is 3. The Morgan fingerprint density at radius 1 is 1.00 bits per heavy atom. The molecule has 3 fully saturated rings. The molecule has 6 heteroatoms. The van der Waals surface area contributed by atoms with E-state index in [1.54, 1.807) is 0 Å². The highest BCUT2D eigenvalue weighted by Gasteiger charge is 2.39. The van der Waals surface area contributed by atoms with Gasteiger partial charge in [0.2, 0.25) is 17.7 Å². The van der Waals surface area contributed by atoms with Gasteiger partial charge in [0.1, 0.15) is 6.04 Å². The van der Waals surface area contributed by atoms with Gasteiger partial charge >= 0.3 is 0 Å². The quantitative estimate of drug-likeness (QED) is 0.816. The van der Waals surface area contributed by atoms with E-state index in [4.69, 9.17) is 0 Å². The minimum absolute atomic E-state index is 0.00644. The zero-order chi connectivity index (χ0) is 18.1. The molecule has 2 aliphatic carbocycles. The zero-order valence-electron chi connectivity index (χ0n) is 15.7. The van der Waals surface area contributed by atoms with Crippen molar-refractivity contribution in [3.63, 3.8) is 0 Å². The van der Waals surface area contributed by atoms with Gasteiger partial charge in [0.15, 0.2) is 0 Å². The van der Waals surface area contributed by atoms with Gasteiger partial charge in [-0.2, -0.15) is 0 Å². The Bertz CT molecular complexity index is 540. The van der Waals surface area contributed by atoms with Crippen LogP contribution in [0.25, 0.3) is 0 Å². The van der Waals surface area contributed by atoms with E-state index in [1.807, 2.05) is 30.6 Å². The molecule has 0 spiro atoms. The Morgan fingerprint density at radius 3 is 2.16 bits per heavy atom. The summed E-state index contributed by atoms with van der Waals surface area (Å²) in [6.45, 7) is 7.67. The van der Waals surface area contributed by atoms with Gasteiger partial charge in [0.05, 0.1) is 0 Å². The van der Waals surface area contributed by atoms with Crippen molar-refractivity contribution in [2.45, 2.75) is 65.0 Å². The molecule has 1 N–H and O–H groups in total. The fourth-order valence-electron chi connectivity index (χ4n) is 3.70. The maximum atomic E-state index is 13.0. The van der Waals surface area contributed by atoms with Gasteiger partial charge in [0, 0.05) is 37.5 Å². The van der Waals surface area contributed by atoms with E-state index in [2.05, 4.69) is 5.32 Å². The number of piperazine rings is 1. The van der Waals surface area contributed by atoms with Crippen molar-refractivity contribution in [3.05, 3.63) is 0 Å². The van der Waals surface area contributed by atoms with Gasteiger partial charge in [-0.3, -0.25) is 14.4 Å². The smallest absolute Gasteiger partial charge is 0.245 e. The number of carbonyl (C=O) groups excluding carboxylic acids is 3. The zero-order valence-corrected chi connectivity index (χ0v) is 15.7. The summed E-state index contributed by atoms with van der Waals surface area (Å²) in [7, 11) is 0. The van der Waals surface area contributed by atoms with E-state index in [0.717, 1.165) is 32.1 Å². The molecule has 2 unspecified atom stereocenters. The molecule has 3 rings (SSSR count). The molecular weight excluding hydrogens is 318 g/mol. The lowest BCUT2D eigenvalue weighted by atomic mass is 9.84. The van der Waals surface area contributed by atoms with Crippen LogP contribution in [0.15, 0.2) is 0 Å². The van der Waals surface area contributed by atoms with E-state index in [1.165, 1.54) is 0 Å². The third-order valence-electron chi connectivity index (χ3n) is 5.86. The lowest BCUT2D eigenvalue weighted by Crippen LogP contribution is -2.60. The van der Waals surface area contributed by atoms with Crippen LogP contribution in [0.4, 0.5) is 0 Å². The average molecular weight is 349 g/mol. The summed E-state index contributed by atoms with van der Waals surface area (Å²) < 4.78 is 0. The third-order valence-corrected chi connectivity index (χ3v) is 5.86. The number of rotatable bonds is 5. The summed E-state index contributed by atoms with van der Waals surface area (Å²) in [4.78, 5) is 41.3. The Morgan fingerprint density at radius 2 is 1.68 bits per heavy atom. The largest absolute Gasteiger partial charge is 0.344 e. The van der Waals surface area contributed by atoms with Crippen LogP contribution in [0, 0.1) is 17.8 Å². The first-order chi connectivity index (χ1) is 11.9. The van der Waals surface area contributed by atoms with Crippen LogP contribution in [0.3, 0.4) is 0 Å². The van der Waals surface area contributed by atoms with E-state index >= 15 is 0 Å². The number of hydrogen-bond donors (Lipinski definition) is 1. The van der Waals surface area contributed by atoms with Crippen molar-refractivity contribution in [1.29, 1.82) is 0 Å². The van der Waals surface area contributed by atoms with Crippen LogP contribution in [0.5, 0.6) is 0 Å². The highest BCUT2D eigenvalue weighted by atomic mass is 16.2. The Labute approximate surface area is 150 Å². The van der Waals surface area contributed by atoms with Crippen molar-refractivity contribution in [2.24, 2.45) is 17.8 Å². The fraction of sp³-hybridized carbons (Fsp3) is 0.842. The standard InChI is InChI=1S/C19H31N3O3/c1-12(2)16(20-17(23)14-5-4-6-14)19(25)21-9-10-22(13(3)11-21)18(24)15-7-8-15/h12-16H,4-11H2,1-3H3,(H,20,23). The topological polar surface area (TPSA) is 69.7 Å². The second kappa shape index (κ2) is 7.34. The van der Waals surface area contributed by atoms with Crippen LogP contribution in [-0.4, -0.2) is 59.2 Å². The maximum absolute atomic E-state index is 13.0. The second-order valence-electron chi connectivity index (χ2n) is 8.30. The van der Waals surface area contributed by atoms with Crippen LogP contribution in [0.2, 0.25) is 0 Å². The Kier molecular flexibility index (Phi) is 5.35. The average Bonchev–Trinajstić information content (AvgIpc) is 3.34. The Balaban J connectivity index is 1.58. The highest BCUT2D eigenvalue weighted by molar-refractivity contribution is 5.89. The van der Waals surface area contributed by atoms with Crippen LogP contribution >= 0.6 is 0 Å².